The van der Waals surface area contributed by atoms with Crippen molar-refractivity contribution in [3.05, 3.63) is 429 Å². The van der Waals surface area contributed by atoms with Crippen LogP contribution in [0.15, 0.2) is 310 Å². The third-order valence-corrected chi connectivity index (χ3v) is 21.0. The number of pyridine rings is 1. The van der Waals surface area contributed by atoms with Crippen molar-refractivity contribution in [1.82, 2.24) is 73.5 Å². The fourth-order valence-electron chi connectivity index (χ4n) is 15.3. The summed E-state index contributed by atoms with van der Waals surface area (Å²) in [5.41, 5.74) is 25.8. The summed E-state index contributed by atoms with van der Waals surface area (Å²) in [6.45, 7) is 24.3. The largest absolute Gasteiger partial charge is 2.00 e. The smallest absolute Gasteiger partial charge is 0.510 e. The molecular formula is C107H89N17O4Pt4-6. The van der Waals surface area contributed by atoms with Crippen LogP contribution in [0.4, 0.5) is 11.4 Å². The van der Waals surface area contributed by atoms with Crippen LogP contribution in [0.1, 0.15) is 56.9 Å². The summed E-state index contributed by atoms with van der Waals surface area (Å²) in [6, 6.07) is 112. The summed E-state index contributed by atoms with van der Waals surface area (Å²) in [7, 11) is 3.96. The SMILES string of the molecule is CN1C=CN(c2[c-]c(Oc3[c-]c(-n4cc(-c5cccnc5)cn4)ccc3)ccc2)[CH-]1.Cc1cc(C)n(-c2[c-]c(Oc3[c-]c(-n4nc(C)c(-c5ccccc5)c4C)ccc3)ccc2)n1.Cc1cc(C)n(-c2[c-]c(Oc3[c-]c(-n4nc(C)c(-c5ccccc5)c4C)ccc3)ccc2)n1.Cc1nn(-c2[c-]c(Oc3[c-]c(N4C=CN(C)[CH-]4)ccc3)ccc2)c(C)c1-c1ccccc1.[Pt+2].[Pt+2].[Pt].[Pt]. The maximum absolute atomic E-state index is 6.12. The Morgan fingerprint density at radius 3 is 0.856 bits per heavy atom. The molecule has 0 radical (unpaired) electrons. The van der Waals surface area contributed by atoms with Crippen LogP contribution in [0.25, 0.3) is 78.6 Å². The minimum atomic E-state index is 0. The maximum atomic E-state index is 6.12. The topological polar surface area (TPSA) is 170 Å². The first kappa shape index (κ1) is 96.0. The van der Waals surface area contributed by atoms with Gasteiger partial charge >= 0.3 is 42.1 Å². The Kier molecular flexibility index (Phi) is 32.0. The van der Waals surface area contributed by atoms with Crippen LogP contribution in [0.3, 0.4) is 0 Å². The first-order chi connectivity index (χ1) is 62.3. The molecule has 9 heterocycles. The quantitative estimate of drug-likeness (QED) is 0.0660. The van der Waals surface area contributed by atoms with E-state index in [4.69, 9.17) is 34.2 Å². The van der Waals surface area contributed by atoms with Crippen LogP contribution in [-0.4, -0.2) is 87.6 Å². The van der Waals surface area contributed by atoms with Crippen LogP contribution < -0.4 is 28.7 Å². The van der Waals surface area contributed by atoms with Gasteiger partial charge in [-0.15, -0.1) is 157 Å². The number of aryl methyl sites for hydroxylation is 7. The maximum Gasteiger partial charge on any atom is 2.00 e. The second kappa shape index (κ2) is 43.9. The average molecular weight is 2460 g/mol. The number of aromatic nitrogens is 13. The molecule has 0 fully saturated rings. The molecule has 20 rings (SSSR count). The molecule has 0 unspecified atom stereocenters. The van der Waals surface area contributed by atoms with Gasteiger partial charge in [-0.1, -0.05) is 97.1 Å². The zero-order chi connectivity index (χ0) is 88.3. The van der Waals surface area contributed by atoms with Crippen LogP contribution >= 0.6 is 0 Å². The number of anilines is 2. The van der Waals surface area contributed by atoms with Crippen molar-refractivity contribution < 1.29 is 103 Å². The van der Waals surface area contributed by atoms with Crippen molar-refractivity contribution in [2.24, 2.45) is 0 Å². The Balaban J connectivity index is 0.000000148. The van der Waals surface area contributed by atoms with Gasteiger partial charge in [0.25, 0.3) is 0 Å². The number of rotatable bonds is 20. The van der Waals surface area contributed by atoms with Gasteiger partial charge in [0.2, 0.25) is 0 Å². The van der Waals surface area contributed by atoms with E-state index in [0.717, 1.165) is 147 Å². The average Bonchev–Trinajstić information content (AvgIpc) is 1.64. The Morgan fingerprint density at radius 2 is 0.568 bits per heavy atom. The van der Waals surface area contributed by atoms with E-state index >= 15 is 0 Å². The summed E-state index contributed by atoms with van der Waals surface area (Å²) in [5.74, 6) is 4.87. The molecule has 0 atom stereocenters. The molecule has 21 nitrogen and oxygen atoms in total. The van der Waals surface area contributed by atoms with Crippen LogP contribution in [0, 0.1) is 131 Å². The predicted molar refractivity (Wildman–Crippen MR) is 500 cm³/mol. The number of nitrogens with zero attached hydrogens (tertiary/aromatic N) is 17. The molecule has 11 aromatic carbocycles. The number of benzene rings is 11. The van der Waals surface area contributed by atoms with E-state index in [1.165, 1.54) is 0 Å². The molecule has 0 aliphatic carbocycles. The minimum Gasteiger partial charge on any atom is -0.510 e. The normalized spacial score (nSPS) is 11.7. The standard InChI is InChI=1S/2C28H24N4O.C27H23N4O.C24H18N5O.4Pt/c2*1-19-16-20(2)31(29-19)24-12-8-14-26(17-24)33-27-15-9-13-25(18-27)32-22(4)28(21(3)30-32)23-10-6-5-7-11-23;1-20-27(22-9-5-4-6-10-22)21(2)31(28-20)24-12-8-14-26(18-24)32-25-13-7-11-23(17-25)30-16-15-29(3)19-30;1-27-11-12-28(18-27)21-6-2-8-23(13-21)30-24-9-3-7-22(14-24)29-17-20(16-26-29)19-5-4-10-25-15-19;;;;/h2*5-16H,1-4H3;4-16,19H,1-3H3;2-12,15-18H,1H3;;;;/q2*-2;2*-3;;;2*+2. The molecule has 25 heteroatoms. The second-order valence-electron chi connectivity index (χ2n) is 30.6. The van der Waals surface area contributed by atoms with Crippen LogP contribution in [-0.2, 0) is 84.3 Å². The van der Waals surface area contributed by atoms with Crippen molar-refractivity contribution in [3.63, 3.8) is 0 Å². The van der Waals surface area contributed by atoms with Gasteiger partial charge < -0.3 is 38.5 Å². The molecule has 0 spiro atoms. The van der Waals surface area contributed by atoms with Gasteiger partial charge in [-0.05, 0) is 177 Å². The fourth-order valence-corrected chi connectivity index (χ4v) is 15.3. The van der Waals surface area contributed by atoms with Crippen molar-refractivity contribution >= 4 is 11.4 Å². The van der Waals surface area contributed by atoms with Crippen molar-refractivity contribution in [2.75, 3.05) is 23.9 Å². The number of hydrogen-bond donors (Lipinski definition) is 0. The third-order valence-electron chi connectivity index (χ3n) is 21.0. The summed E-state index contributed by atoms with van der Waals surface area (Å²) >= 11 is 0. The van der Waals surface area contributed by atoms with Gasteiger partial charge in [0.1, 0.15) is 0 Å². The van der Waals surface area contributed by atoms with Gasteiger partial charge in [-0.3, -0.25) is 33.1 Å². The third kappa shape index (κ3) is 22.7. The Bertz CT molecular complexity index is 6790. The van der Waals surface area contributed by atoms with E-state index in [9.17, 15) is 0 Å². The van der Waals surface area contributed by atoms with Gasteiger partial charge in [-0.2, -0.15) is 92.5 Å². The Labute approximate surface area is 828 Å². The van der Waals surface area contributed by atoms with Crippen molar-refractivity contribution in [3.8, 4) is 125 Å². The van der Waals surface area contributed by atoms with E-state index in [2.05, 4.69) is 126 Å². The van der Waals surface area contributed by atoms with E-state index in [-0.39, 0.29) is 84.3 Å². The molecular weight excluding hydrogens is 2370 g/mol. The molecule has 132 heavy (non-hydrogen) atoms. The summed E-state index contributed by atoms with van der Waals surface area (Å²) < 4.78 is 35.6. The first-order valence-corrected chi connectivity index (χ1v) is 41.7. The molecule has 0 bridgehead atoms. The minimum absolute atomic E-state index is 0. The first-order valence-electron chi connectivity index (χ1n) is 41.7. The molecule has 18 aromatic rings. The van der Waals surface area contributed by atoms with Crippen molar-refractivity contribution in [2.45, 2.75) is 69.2 Å². The Hall–Kier alpha value is -13.5. The molecule has 0 N–H and O–H groups in total. The second-order valence-corrected chi connectivity index (χ2v) is 30.6. The molecule has 2 aliphatic rings. The predicted octanol–water partition coefficient (Wildman–Crippen LogP) is 23.3. The molecule has 0 amide bonds. The van der Waals surface area contributed by atoms with Gasteiger partial charge in [0.05, 0.1) is 34.7 Å². The van der Waals surface area contributed by atoms with Gasteiger partial charge in [0.15, 0.2) is 0 Å². The molecule has 7 aromatic heterocycles. The summed E-state index contributed by atoms with van der Waals surface area (Å²) in [4.78, 5) is 12.1. The van der Waals surface area contributed by atoms with E-state index in [1.807, 2.05) is 387 Å². The van der Waals surface area contributed by atoms with Crippen molar-refractivity contribution in [1.29, 1.82) is 0 Å². The zero-order valence-electron chi connectivity index (χ0n) is 74.1. The van der Waals surface area contributed by atoms with Gasteiger partial charge in [-0.25, -0.2) is 0 Å². The van der Waals surface area contributed by atoms with E-state index in [1.54, 1.807) is 10.9 Å². The fraction of sp³-hybridized carbons (Fsp3) is 0.112. The van der Waals surface area contributed by atoms with Gasteiger partial charge in [0, 0.05) is 163 Å². The number of ether oxygens (including phenoxy) is 4. The van der Waals surface area contributed by atoms with Crippen LogP contribution in [0.5, 0.6) is 46.0 Å². The Morgan fingerprint density at radius 1 is 0.280 bits per heavy atom. The number of hydrogen-bond acceptors (Lipinski definition) is 15. The molecule has 0 saturated heterocycles. The van der Waals surface area contributed by atoms with E-state index < -0.39 is 0 Å². The summed E-state index contributed by atoms with van der Waals surface area (Å²) in [6.07, 6.45) is 15.2. The molecule has 2 aliphatic heterocycles. The van der Waals surface area contributed by atoms with Crippen LogP contribution in [0.2, 0.25) is 0 Å². The monoisotopic (exact) mass is 2460 g/mol. The zero-order valence-corrected chi connectivity index (χ0v) is 83.2. The van der Waals surface area contributed by atoms with E-state index in [0.29, 0.717) is 46.0 Å². The molecule has 672 valence electrons. The summed E-state index contributed by atoms with van der Waals surface area (Å²) in [5, 5.41) is 27.9. The molecule has 0 saturated carbocycles.